The van der Waals surface area contributed by atoms with Crippen molar-refractivity contribution >= 4 is 21.7 Å². The van der Waals surface area contributed by atoms with E-state index in [-0.39, 0.29) is 29.0 Å². The number of sulfone groups is 1. The highest BCUT2D eigenvalue weighted by Gasteiger charge is 2.33. The van der Waals surface area contributed by atoms with Crippen LogP contribution in [0.5, 0.6) is 0 Å². The molecule has 1 aromatic heterocycles. The summed E-state index contributed by atoms with van der Waals surface area (Å²) >= 11 is 0. The first-order chi connectivity index (χ1) is 12.2. The summed E-state index contributed by atoms with van der Waals surface area (Å²) in [5.41, 5.74) is 1.68. The minimum Gasteiger partial charge on any atom is -0.478 e. The van der Waals surface area contributed by atoms with Gasteiger partial charge in [0.2, 0.25) is 0 Å². The van der Waals surface area contributed by atoms with Gasteiger partial charge in [-0.15, -0.1) is 0 Å². The second-order valence-corrected chi connectivity index (χ2v) is 8.61. The summed E-state index contributed by atoms with van der Waals surface area (Å²) < 4.78 is 24.7. The molecule has 0 spiro atoms. The molecule has 26 heavy (non-hydrogen) atoms. The minimum absolute atomic E-state index is 0.00221. The molecule has 0 bridgehead atoms. The summed E-state index contributed by atoms with van der Waals surface area (Å²) in [6, 6.07) is 6.30. The van der Waals surface area contributed by atoms with E-state index in [1.54, 1.807) is 38.2 Å². The van der Waals surface area contributed by atoms with Gasteiger partial charge < -0.3 is 10.0 Å². The van der Waals surface area contributed by atoms with Crippen LogP contribution in [0.2, 0.25) is 0 Å². The molecule has 1 aliphatic rings. The number of nitrogens with zero attached hydrogens (tertiary/aromatic N) is 3. The normalized spacial score (nSPS) is 18.6. The number of carboxylic acid groups (broad SMARTS) is 1. The molecule has 1 aromatic carbocycles. The van der Waals surface area contributed by atoms with E-state index in [1.165, 1.54) is 15.8 Å². The molecule has 0 saturated carbocycles. The number of hydrogen-bond acceptors (Lipinski definition) is 5. The number of aromatic nitrogens is 2. The SMILES string of the molecule is Cc1c(C(=O)O)cnn1-c1ccc(C(=O)N(C)C2CCS(=O)(=O)C2)cc1. The summed E-state index contributed by atoms with van der Waals surface area (Å²) in [5, 5.41) is 13.2. The van der Waals surface area contributed by atoms with Gasteiger partial charge in [-0.2, -0.15) is 5.10 Å². The Morgan fingerprint density at radius 1 is 1.27 bits per heavy atom. The predicted octanol–water partition coefficient (Wildman–Crippen LogP) is 1.14. The van der Waals surface area contributed by atoms with Gasteiger partial charge in [0.1, 0.15) is 5.56 Å². The molecular formula is C17H19N3O5S. The van der Waals surface area contributed by atoms with Gasteiger partial charge in [-0.05, 0) is 37.6 Å². The molecule has 1 fully saturated rings. The van der Waals surface area contributed by atoms with Crippen LogP contribution in [-0.2, 0) is 9.84 Å². The topological polar surface area (TPSA) is 110 Å². The summed E-state index contributed by atoms with van der Waals surface area (Å²) in [4.78, 5) is 25.2. The largest absolute Gasteiger partial charge is 0.478 e. The van der Waals surface area contributed by atoms with Gasteiger partial charge >= 0.3 is 5.97 Å². The van der Waals surface area contributed by atoms with Crippen molar-refractivity contribution in [3.63, 3.8) is 0 Å². The van der Waals surface area contributed by atoms with Crippen molar-refractivity contribution in [2.75, 3.05) is 18.6 Å². The van der Waals surface area contributed by atoms with Crippen LogP contribution in [0, 0.1) is 6.92 Å². The zero-order chi connectivity index (χ0) is 19.1. The number of rotatable bonds is 4. The van der Waals surface area contributed by atoms with Crippen LogP contribution in [0.25, 0.3) is 5.69 Å². The molecule has 1 N–H and O–H groups in total. The standard InChI is InChI=1S/C17H19N3O5S/c1-11-15(17(22)23)9-18-20(11)13-5-3-12(4-6-13)16(21)19(2)14-7-8-26(24,25)10-14/h3-6,9,14H,7-8,10H2,1-2H3,(H,22,23). The molecular weight excluding hydrogens is 358 g/mol. The quantitative estimate of drug-likeness (QED) is 0.856. The van der Waals surface area contributed by atoms with Crippen LogP contribution < -0.4 is 0 Å². The van der Waals surface area contributed by atoms with Crippen molar-refractivity contribution in [2.45, 2.75) is 19.4 Å². The molecule has 1 amide bonds. The Balaban J connectivity index is 1.79. The summed E-state index contributed by atoms with van der Waals surface area (Å²) in [6.45, 7) is 1.66. The third-order valence-corrected chi connectivity index (χ3v) is 6.43. The Kier molecular flexibility index (Phi) is 4.57. The second-order valence-electron chi connectivity index (χ2n) is 6.38. The maximum Gasteiger partial charge on any atom is 0.339 e. The number of benzene rings is 1. The molecule has 2 heterocycles. The predicted molar refractivity (Wildman–Crippen MR) is 94.4 cm³/mol. The van der Waals surface area contributed by atoms with E-state index in [4.69, 9.17) is 5.11 Å². The average Bonchev–Trinajstić information content (AvgIpc) is 3.16. The third kappa shape index (κ3) is 3.34. The Bertz CT molecular complexity index is 963. The van der Waals surface area contributed by atoms with Crippen LogP contribution in [-0.4, -0.2) is 64.7 Å². The zero-order valence-corrected chi connectivity index (χ0v) is 15.2. The number of carbonyl (C=O) groups excluding carboxylic acids is 1. The maximum atomic E-state index is 12.6. The van der Waals surface area contributed by atoms with Crippen molar-refractivity contribution in [3.8, 4) is 5.69 Å². The Labute approximate surface area is 151 Å². The van der Waals surface area contributed by atoms with Crippen molar-refractivity contribution in [1.29, 1.82) is 0 Å². The van der Waals surface area contributed by atoms with Crippen molar-refractivity contribution in [2.24, 2.45) is 0 Å². The fourth-order valence-electron chi connectivity index (χ4n) is 3.08. The van der Waals surface area contributed by atoms with E-state index in [0.717, 1.165) is 0 Å². The average molecular weight is 377 g/mol. The fourth-order valence-corrected chi connectivity index (χ4v) is 4.85. The van der Waals surface area contributed by atoms with E-state index in [0.29, 0.717) is 23.4 Å². The first-order valence-corrected chi connectivity index (χ1v) is 9.87. The Morgan fingerprint density at radius 3 is 2.42 bits per heavy atom. The van der Waals surface area contributed by atoms with Gasteiger partial charge in [0.25, 0.3) is 5.91 Å². The molecule has 1 saturated heterocycles. The van der Waals surface area contributed by atoms with E-state index in [1.807, 2.05) is 0 Å². The number of hydrogen-bond donors (Lipinski definition) is 1. The van der Waals surface area contributed by atoms with Crippen molar-refractivity contribution in [3.05, 3.63) is 47.3 Å². The fraction of sp³-hybridized carbons (Fsp3) is 0.353. The molecule has 8 nitrogen and oxygen atoms in total. The minimum atomic E-state index is -3.06. The maximum absolute atomic E-state index is 12.6. The Morgan fingerprint density at radius 2 is 1.92 bits per heavy atom. The smallest absolute Gasteiger partial charge is 0.339 e. The molecule has 1 atom stereocenters. The van der Waals surface area contributed by atoms with Crippen molar-refractivity contribution < 1.29 is 23.1 Å². The van der Waals surface area contributed by atoms with Gasteiger partial charge in [-0.3, -0.25) is 4.79 Å². The lowest BCUT2D eigenvalue weighted by molar-refractivity contribution is 0.0694. The van der Waals surface area contributed by atoms with E-state index in [2.05, 4.69) is 5.10 Å². The zero-order valence-electron chi connectivity index (χ0n) is 14.4. The molecule has 1 unspecified atom stereocenters. The number of amides is 1. The molecule has 138 valence electrons. The van der Waals surface area contributed by atoms with Gasteiger partial charge in [-0.25, -0.2) is 17.9 Å². The number of carboxylic acids is 1. The molecule has 9 heteroatoms. The van der Waals surface area contributed by atoms with Crippen molar-refractivity contribution in [1.82, 2.24) is 14.7 Å². The molecule has 3 rings (SSSR count). The third-order valence-electron chi connectivity index (χ3n) is 4.68. The monoisotopic (exact) mass is 377 g/mol. The van der Waals surface area contributed by atoms with E-state index >= 15 is 0 Å². The van der Waals surface area contributed by atoms with Gasteiger partial charge in [0.15, 0.2) is 9.84 Å². The van der Waals surface area contributed by atoms with Crippen LogP contribution in [0.1, 0.15) is 32.8 Å². The Hall–Kier alpha value is -2.68. The van der Waals surface area contributed by atoms with Crippen LogP contribution in [0.15, 0.2) is 30.5 Å². The lowest BCUT2D eigenvalue weighted by atomic mass is 10.1. The molecule has 0 aliphatic carbocycles. The highest BCUT2D eigenvalue weighted by atomic mass is 32.2. The highest BCUT2D eigenvalue weighted by molar-refractivity contribution is 7.91. The van der Waals surface area contributed by atoms with Gasteiger partial charge in [0.05, 0.1) is 29.1 Å². The van der Waals surface area contributed by atoms with Crippen LogP contribution in [0.4, 0.5) is 0 Å². The molecule has 1 aliphatic heterocycles. The molecule has 0 radical (unpaired) electrons. The summed E-state index contributed by atoms with van der Waals surface area (Å²) in [6.07, 6.45) is 1.73. The number of aromatic carboxylic acids is 1. The summed E-state index contributed by atoms with van der Waals surface area (Å²) in [7, 11) is -1.45. The van der Waals surface area contributed by atoms with E-state index in [9.17, 15) is 18.0 Å². The van der Waals surface area contributed by atoms with Crippen LogP contribution in [0.3, 0.4) is 0 Å². The lowest BCUT2D eigenvalue weighted by Crippen LogP contribution is -2.37. The first kappa shape index (κ1) is 18.1. The van der Waals surface area contributed by atoms with E-state index < -0.39 is 15.8 Å². The first-order valence-electron chi connectivity index (χ1n) is 8.05. The van der Waals surface area contributed by atoms with Crippen LogP contribution >= 0.6 is 0 Å². The highest BCUT2D eigenvalue weighted by Crippen LogP contribution is 2.20. The van der Waals surface area contributed by atoms with Gasteiger partial charge in [0, 0.05) is 18.7 Å². The number of carbonyl (C=O) groups is 2. The summed E-state index contributed by atoms with van der Waals surface area (Å²) in [5.74, 6) is -1.19. The molecule has 2 aromatic rings. The van der Waals surface area contributed by atoms with Gasteiger partial charge in [-0.1, -0.05) is 0 Å². The lowest BCUT2D eigenvalue weighted by Gasteiger charge is -2.23. The second kappa shape index (κ2) is 6.56.